The van der Waals surface area contributed by atoms with Gasteiger partial charge in [0.05, 0.1) is 12.7 Å². The van der Waals surface area contributed by atoms with Crippen molar-refractivity contribution in [2.75, 3.05) is 13.7 Å². The predicted molar refractivity (Wildman–Crippen MR) is 83.3 cm³/mol. The molecule has 0 amide bonds. The van der Waals surface area contributed by atoms with Gasteiger partial charge in [0.2, 0.25) is 0 Å². The van der Waals surface area contributed by atoms with Crippen LogP contribution in [0, 0.1) is 12.3 Å². The number of carbonyl (C=O) groups excluding carboxylic acids is 1. The van der Waals surface area contributed by atoms with Crippen LogP contribution in [0.25, 0.3) is 0 Å². The summed E-state index contributed by atoms with van der Waals surface area (Å²) in [6, 6.07) is 6.27. The van der Waals surface area contributed by atoms with Gasteiger partial charge >= 0.3 is 5.97 Å². The molecule has 112 valence electrons. The molecular formula is C18H23NO2. The minimum Gasteiger partial charge on any atom is -0.465 e. The third-order valence-electron chi connectivity index (χ3n) is 5.00. The van der Waals surface area contributed by atoms with Crippen molar-refractivity contribution in [2.24, 2.45) is 5.41 Å². The highest BCUT2D eigenvalue weighted by Gasteiger charge is 2.43. The summed E-state index contributed by atoms with van der Waals surface area (Å²) in [6.07, 6.45) is 4.79. The van der Waals surface area contributed by atoms with Crippen LogP contribution < -0.4 is 5.32 Å². The molecule has 1 atom stereocenters. The number of hydrogen-bond acceptors (Lipinski definition) is 3. The Morgan fingerprint density at radius 2 is 2.19 bits per heavy atom. The third kappa shape index (κ3) is 2.62. The third-order valence-corrected chi connectivity index (χ3v) is 5.00. The van der Waals surface area contributed by atoms with E-state index in [9.17, 15) is 4.79 Å². The lowest BCUT2D eigenvalue weighted by Crippen LogP contribution is -2.44. The van der Waals surface area contributed by atoms with E-state index in [0.717, 1.165) is 12.1 Å². The van der Waals surface area contributed by atoms with Gasteiger partial charge in [-0.15, -0.1) is 0 Å². The van der Waals surface area contributed by atoms with Crippen LogP contribution in [-0.2, 0) is 4.74 Å². The first-order chi connectivity index (χ1) is 10.0. The van der Waals surface area contributed by atoms with Gasteiger partial charge in [-0.3, -0.25) is 0 Å². The molecule has 1 saturated carbocycles. The lowest BCUT2D eigenvalue weighted by molar-refractivity contribution is 0.0600. The molecule has 1 aliphatic carbocycles. The van der Waals surface area contributed by atoms with Crippen LogP contribution in [0.5, 0.6) is 0 Å². The average Bonchev–Trinajstić information content (AvgIpc) is 2.45. The van der Waals surface area contributed by atoms with Gasteiger partial charge < -0.3 is 10.1 Å². The van der Waals surface area contributed by atoms with Gasteiger partial charge in [0.25, 0.3) is 0 Å². The Morgan fingerprint density at radius 3 is 2.81 bits per heavy atom. The molecule has 1 unspecified atom stereocenters. The summed E-state index contributed by atoms with van der Waals surface area (Å²) in [4.78, 5) is 11.6. The number of nitrogens with one attached hydrogen (secondary N) is 1. The number of esters is 1. The molecule has 2 aliphatic rings. The van der Waals surface area contributed by atoms with Crippen molar-refractivity contribution in [3.05, 3.63) is 47.0 Å². The topological polar surface area (TPSA) is 38.3 Å². The summed E-state index contributed by atoms with van der Waals surface area (Å²) >= 11 is 0. The lowest BCUT2D eigenvalue weighted by atomic mass is 9.59. The summed E-state index contributed by atoms with van der Waals surface area (Å²) in [7, 11) is 1.42. The van der Waals surface area contributed by atoms with Crippen LogP contribution in [-0.4, -0.2) is 19.6 Å². The number of methoxy groups -OCH3 is 1. The Morgan fingerprint density at radius 1 is 1.43 bits per heavy atom. The molecule has 2 fully saturated rings. The van der Waals surface area contributed by atoms with Crippen LogP contribution in [0.2, 0.25) is 0 Å². The first kappa shape index (κ1) is 14.3. The van der Waals surface area contributed by atoms with Crippen molar-refractivity contribution in [3.63, 3.8) is 0 Å². The predicted octanol–water partition coefficient (Wildman–Crippen LogP) is 3.54. The van der Waals surface area contributed by atoms with Crippen molar-refractivity contribution in [2.45, 2.75) is 38.6 Å². The first-order valence-electron chi connectivity index (χ1n) is 7.62. The standard InChI is InChI=1S/C18H23NO2/c1-12-9-18(10-12)6-7-19-16(11-18)15-5-4-14(8-13(15)2)17(20)21-3/h4-5,8,16,19H,1,6-7,9-11H2,2-3H3. The van der Waals surface area contributed by atoms with E-state index in [1.54, 1.807) is 0 Å². The maximum atomic E-state index is 11.6. The summed E-state index contributed by atoms with van der Waals surface area (Å²) < 4.78 is 4.78. The van der Waals surface area contributed by atoms with Crippen molar-refractivity contribution in [1.82, 2.24) is 5.32 Å². The summed E-state index contributed by atoms with van der Waals surface area (Å²) in [5.74, 6) is -0.270. The van der Waals surface area contributed by atoms with Crippen molar-refractivity contribution in [1.29, 1.82) is 0 Å². The Balaban J connectivity index is 1.80. The van der Waals surface area contributed by atoms with Gasteiger partial charge in [-0.2, -0.15) is 0 Å². The minimum atomic E-state index is -0.270. The van der Waals surface area contributed by atoms with E-state index in [-0.39, 0.29) is 5.97 Å². The van der Waals surface area contributed by atoms with Crippen LogP contribution in [0.1, 0.15) is 53.2 Å². The first-order valence-corrected chi connectivity index (χ1v) is 7.62. The highest BCUT2D eigenvalue weighted by atomic mass is 16.5. The van der Waals surface area contributed by atoms with Gasteiger partial charge in [0, 0.05) is 6.04 Å². The minimum absolute atomic E-state index is 0.270. The fourth-order valence-electron chi connectivity index (χ4n) is 3.98. The number of aryl methyl sites for hydroxylation is 1. The molecule has 3 nitrogen and oxygen atoms in total. The number of piperidine rings is 1. The van der Waals surface area contributed by atoms with E-state index in [2.05, 4.69) is 24.9 Å². The lowest BCUT2D eigenvalue weighted by Gasteiger charge is -2.49. The number of ether oxygens (including phenoxy) is 1. The summed E-state index contributed by atoms with van der Waals surface area (Å²) in [6.45, 7) is 7.23. The zero-order valence-corrected chi connectivity index (χ0v) is 12.9. The molecule has 1 saturated heterocycles. The molecule has 1 aromatic carbocycles. The Bertz CT molecular complexity index is 583. The zero-order valence-electron chi connectivity index (χ0n) is 12.9. The molecule has 1 heterocycles. The van der Waals surface area contributed by atoms with E-state index >= 15 is 0 Å². The normalized spacial score (nSPS) is 23.7. The average molecular weight is 285 g/mol. The van der Waals surface area contributed by atoms with Crippen molar-refractivity contribution in [3.8, 4) is 0 Å². The van der Waals surface area contributed by atoms with E-state index in [1.165, 1.54) is 43.9 Å². The number of rotatable bonds is 2. The van der Waals surface area contributed by atoms with Crippen LogP contribution in [0.3, 0.4) is 0 Å². The van der Waals surface area contributed by atoms with E-state index in [4.69, 9.17) is 4.74 Å². The molecule has 0 aromatic heterocycles. The molecule has 3 heteroatoms. The molecule has 0 radical (unpaired) electrons. The van der Waals surface area contributed by atoms with Gasteiger partial charge in [-0.05, 0) is 67.8 Å². The Labute approximate surface area is 126 Å². The maximum absolute atomic E-state index is 11.6. The summed E-state index contributed by atoms with van der Waals surface area (Å²) in [5, 5.41) is 3.63. The number of allylic oxidation sites excluding steroid dienone is 1. The smallest absolute Gasteiger partial charge is 0.337 e. The largest absolute Gasteiger partial charge is 0.465 e. The number of carbonyl (C=O) groups is 1. The van der Waals surface area contributed by atoms with Gasteiger partial charge in [0.15, 0.2) is 0 Å². The van der Waals surface area contributed by atoms with Crippen LogP contribution in [0.4, 0.5) is 0 Å². The number of hydrogen-bond donors (Lipinski definition) is 1. The Kier molecular flexibility index (Phi) is 3.62. The molecule has 1 spiro atoms. The Hall–Kier alpha value is -1.61. The van der Waals surface area contributed by atoms with E-state index in [1.807, 2.05) is 12.1 Å². The van der Waals surface area contributed by atoms with Gasteiger partial charge in [-0.25, -0.2) is 4.79 Å². The molecule has 3 rings (SSSR count). The second-order valence-electron chi connectivity index (χ2n) is 6.63. The fraction of sp³-hybridized carbons (Fsp3) is 0.500. The summed E-state index contributed by atoms with van der Waals surface area (Å²) in [5.41, 5.74) is 4.96. The quantitative estimate of drug-likeness (QED) is 0.667. The fourth-order valence-corrected chi connectivity index (χ4v) is 3.98. The maximum Gasteiger partial charge on any atom is 0.337 e. The van der Waals surface area contributed by atoms with E-state index < -0.39 is 0 Å². The van der Waals surface area contributed by atoms with Gasteiger partial charge in [0.1, 0.15) is 0 Å². The molecule has 1 N–H and O–H groups in total. The molecular weight excluding hydrogens is 262 g/mol. The highest BCUT2D eigenvalue weighted by Crippen LogP contribution is 2.54. The second-order valence-corrected chi connectivity index (χ2v) is 6.63. The monoisotopic (exact) mass is 285 g/mol. The molecule has 21 heavy (non-hydrogen) atoms. The molecule has 1 aromatic rings. The van der Waals surface area contributed by atoms with Crippen molar-refractivity contribution < 1.29 is 9.53 Å². The molecule has 1 aliphatic heterocycles. The zero-order chi connectivity index (χ0) is 15.0. The van der Waals surface area contributed by atoms with Gasteiger partial charge in [-0.1, -0.05) is 18.2 Å². The number of benzene rings is 1. The molecule has 0 bridgehead atoms. The van der Waals surface area contributed by atoms with Crippen LogP contribution in [0.15, 0.2) is 30.4 Å². The van der Waals surface area contributed by atoms with Crippen LogP contribution >= 0.6 is 0 Å². The highest BCUT2D eigenvalue weighted by molar-refractivity contribution is 5.89. The van der Waals surface area contributed by atoms with E-state index in [0.29, 0.717) is 17.0 Å². The second kappa shape index (κ2) is 5.30. The van der Waals surface area contributed by atoms with Crippen molar-refractivity contribution >= 4 is 5.97 Å². The SMILES string of the molecule is C=C1CC2(CCNC(c3ccc(C(=O)OC)cc3C)C2)C1.